The second kappa shape index (κ2) is 5.64. The molecule has 2 aromatic rings. The fourth-order valence-corrected chi connectivity index (χ4v) is 1.84. The average Bonchev–Trinajstić information content (AvgIpc) is 2.85. The zero-order chi connectivity index (χ0) is 12.1. The minimum absolute atomic E-state index is 0.336. The van der Waals surface area contributed by atoms with Crippen molar-refractivity contribution in [2.24, 2.45) is 0 Å². The Kier molecular flexibility index (Phi) is 3.94. The lowest BCUT2D eigenvalue weighted by atomic mass is 10.1. The maximum Gasteiger partial charge on any atom is 0.0802 e. The van der Waals surface area contributed by atoms with Crippen molar-refractivity contribution in [2.75, 3.05) is 0 Å². The van der Waals surface area contributed by atoms with Crippen LogP contribution in [0.4, 0.5) is 0 Å². The molecule has 0 saturated carbocycles. The van der Waals surface area contributed by atoms with Crippen LogP contribution in [0.3, 0.4) is 0 Å². The van der Waals surface area contributed by atoms with Gasteiger partial charge in [-0.3, -0.25) is 4.98 Å². The van der Waals surface area contributed by atoms with Crippen LogP contribution in [0.1, 0.15) is 30.6 Å². The SMILES string of the molecule is CCC(O)c1ccn(CCc2ccncc2)c1. The van der Waals surface area contributed by atoms with Crippen molar-refractivity contribution in [1.29, 1.82) is 0 Å². The van der Waals surface area contributed by atoms with Gasteiger partial charge in [-0.15, -0.1) is 0 Å². The van der Waals surface area contributed by atoms with E-state index in [-0.39, 0.29) is 6.10 Å². The molecule has 2 aromatic heterocycles. The van der Waals surface area contributed by atoms with Gasteiger partial charge in [-0.05, 0) is 42.2 Å². The van der Waals surface area contributed by atoms with Crippen molar-refractivity contribution in [3.8, 4) is 0 Å². The summed E-state index contributed by atoms with van der Waals surface area (Å²) >= 11 is 0. The number of pyridine rings is 1. The Hall–Kier alpha value is -1.61. The van der Waals surface area contributed by atoms with Crippen LogP contribution in [-0.4, -0.2) is 14.7 Å². The number of aliphatic hydroxyl groups is 1. The van der Waals surface area contributed by atoms with Gasteiger partial charge in [0, 0.05) is 31.3 Å². The Labute approximate surface area is 102 Å². The smallest absolute Gasteiger partial charge is 0.0802 e. The number of aromatic nitrogens is 2. The van der Waals surface area contributed by atoms with E-state index < -0.39 is 0 Å². The Morgan fingerprint density at radius 3 is 2.76 bits per heavy atom. The molecule has 1 atom stereocenters. The standard InChI is InChI=1S/C14H18N2O/c1-2-14(17)13-6-10-16(11-13)9-5-12-3-7-15-8-4-12/h3-4,6-8,10-11,14,17H,2,5,9H2,1H3. The number of aryl methyl sites for hydroxylation is 2. The van der Waals surface area contributed by atoms with Crippen molar-refractivity contribution in [2.45, 2.75) is 32.4 Å². The fourth-order valence-electron chi connectivity index (χ4n) is 1.84. The molecule has 0 bridgehead atoms. The predicted octanol–water partition coefficient (Wildman–Crippen LogP) is 2.57. The first-order chi connectivity index (χ1) is 8.29. The molecule has 3 heteroatoms. The van der Waals surface area contributed by atoms with Gasteiger partial charge in [-0.2, -0.15) is 0 Å². The van der Waals surface area contributed by atoms with E-state index in [0.717, 1.165) is 24.9 Å². The van der Waals surface area contributed by atoms with Crippen LogP contribution in [-0.2, 0) is 13.0 Å². The molecule has 0 spiro atoms. The number of hydrogen-bond donors (Lipinski definition) is 1. The predicted molar refractivity (Wildman–Crippen MR) is 67.6 cm³/mol. The van der Waals surface area contributed by atoms with E-state index in [2.05, 4.69) is 9.55 Å². The second-order valence-corrected chi connectivity index (χ2v) is 4.21. The Bertz CT molecular complexity index is 450. The molecule has 0 radical (unpaired) electrons. The molecular formula is C14H18N2O. The maximum absolute atomic E-state index is 9.71. The van der Waals surface area contributed by atoms with E-state index in [1.807, 2.05) is 49.9 Å². The zero-order valence-corrected chi connectivity index (χ0v) is 10.1. The minimum atomic E-state index is -0.336. The number of rotatable bonds is 5. The van der Waals surface area contributed by atoms with Crippen LogP contribution < -0.4 is 0 Å². The highest BCUT2D eigenvalue weighted by Crippen LogP contribution is 2.16. The van der Waals surface area contributed by atoms with Gasteiger partial charge in [0.2, 0.25) is 0 Å². The molecule has 0 aliphatic heterocycles. The lowest BCUT2D eigenvalue weighted by Crippen LogP contribution is -1.99. The van der Waals surface area contributed by atoms with E-state index in [4.69, 9.17) is 0 Å². The molecule has 0 saturated heterocycles. The number of aliphatic hydroxyl groups excluding tert-OH is 1. The van der Waals surface area contributed by atoms with Gasteiger partial charge < -0.3 is 9.67 Å². The summed E-state index contributed by atoms with van der Waals surface area (Å²) in [5.41, 5.74) is 2.29. The monoisotopic (exact) mass is 230 g/mol. The van der Waals surface area contributed by atoms with Gasteiger partial charge in [-0.25, -0.2) is 0 Å². The molecule has 2 rings (SSSR count). The van der Waals surface area contributed by atoms with Crippen LogP contribution in [0.25, 0.3) is 0 Å². The van der Waals surface area contributed by atoms with E-state index in [9.17, 15) is 5.11 Å². The Morgan fingerprint density at radius 2 is 2.06 bits per heavy atom. The molecule has 0 aliphatic rings. The molecule has 0 fully saturated rings. The lowest BCUT2D eigenvalue weighted by Gasteiger charge is -2.05. The maximum atomic E-state index is 9.71. The van der Waals surface area contributed by atoms with E-state index in [1.54, 1.807) is 0 Å². The van der Waals surface area contributed by atoms with Crippen LogP contribution in [0.5, 0.6) is 0 Å². The van der Waals surface area contributed by atoms with Gasteiger partial charge in [0.25, 0.3) is 0 Å². The molecule has 3 nitrogen and oxygen atoms in total. The topological polar surface area (TPSA) is 38.0 Å². The summed E-state index contributed by atoms with van der Waals surface area (Å²) in [5.74, 6) is 0. The van der Waals surface area contributed by atoms with Crippen molar-refractivity contribution in [1.82, 2.24) is 9.55 Å². The van der Waals surface area contributed by atoms with Crippen molar-refractivity contribution < 1.29 is 5.11 Å². The first-order valence-corrected chi connectivity index (χ1v) is 6.02. The quantitative estimate of drug-likeness (QED) is 0.857. The summed E-state index contributed by atoms with van der Waals surface area (Å²) in [6.45, 7) is 2.92. The van der Waals surface area contributed by atoms with E-state index in [0.29, 0.717) is 0 Å². The highest BCUT2D eigenvalue weighted by atomic mass is 16.3. The molecule has 1 unspecified atom stereocenters. The molecule has 90 valence electrons. The summed E-state index contributed by atoms with van der Waals surface area (Å²) in [4.78, 5) is 4.00. The van der Waals surface area contributed by atoms with Gasteiger partial charge in [0.15, 0.2) is 0 Å². The van der Waals surface area contributed by atoms with E-state index >= 15 is 0 Å². The highest BCUT2D eigenvalue weighted by Gasteiger charge is 2.05. The molecule has 0 aliphatic carbocycles. The Balaban J connectivity index is 1.94. The lowest BCUT2D eigenvalue weighted by molar-refractivity contribution is 0.173. The largest absolute Gasteiger partial charge is 0.388 e. The van der Waals surface area contributed by atoms with Crippen LogP contribution in [0.2, 0.25) is 0 Å². The van der Waals surface area contributed by atoms with Crippen molar-refractivity contribution in [3.05, 3.63) is 54.1 Å². The summed E-state index contributed by atoms with van der Waals surface area (Å²) < 4.78 is 2.12. The van der Waals surface area contributed by atoms with Crippen molar-refractivity contribution in [3.63, 3.8) is 0 Å². The molecule has 1 N–H and O–H groups in total. The molecular weight excluding hydrogens is 212 g/mol. The first-order valence-electron chi connectivity index (χ1n) is 6.02. The van der Waals surface area contributed by atoms with Crippen molar-refractivity contribution >= 4 is 0 Å². The molecule has 17 heavy (non-hydrogen) atoms. The van der Waals surface area contributed by atoms with Gasteiger partial charge in [-0.1, -0.05) is 6.92 Å². The second-order valence-electron chi connectivity index (χ2n) is 4.21. The fraction of sp³-hybridized carbons (Fsp3) is 0.357. The molecule has 2 heterocycles. The van der Waals surface area contributed by atoms with Gasteiger partial charge in [0.1, 0.15) is 0 Å². The number of hydrogen-bond acceptors (Lipinski definition) is 2. The van der Waals surface area contributed by atoms with Crippen LogP contribution >= 0.6 is 0 Å². The van der Waals surface area contributed by atoms with Crippen LogP contribution in [0.15, 0.2) is 43.0 Å². The zero-order valence-electron chi connectivity index (χ0n) is 10.1. The van der Waals surface area contributed by atoms with Crippen LogP contribution in [0, 0.1) is 0 Å². The first kappa shape index (κ1) is 11.9. The third kappa shape index (κ3) is 3.17. The molecule has 0 aromatic carbocycles. The number of nitrogens with zero attached hydrogens (tertiary/aromatic N) is 2. The normalized spacial score (nSPS) is 12.6. The third-order valence-corrected chi connectivity index (χ3v) is 2.95. The van der Waals surface area contributed by atoms with E-state index in [1.165, 1.54) is 5.56 Å². The van der Waals surface area contributed by atoms with Gasteiger partial charge >= 0.3 is 0 Å². The highest BCUT2D eigenvalue weighted by molar-refractivity contribution is 5.14. The summed E-state index contributed by atoms with van der Waals surface area (Å²) in [6.07, 6.45) is 9.09. The Morgan fingerprint density at radius 1 is 1.29 bits per heavy atom. The summed E-state index contributed by atoms with van der Waals surface area (Å²) in [6, 6.07) is 6.05. The third-order valence-electron chi connectivity index (χ3n) is 2.95. The summed E-state index contributed by atoms with van der Waals surface area (Å²) in [5, 5.41) is 9.71. The minimum Gasteiger partial charge on any atom is -0.388 e. The molecule has 0 amide bonds. The average molecular weight is 230 g/mol. The van der Waals surface area contributed by atoms with Gasteiger partial charge in [0.05, 0.1) is 6.10 Å². The summed E-state index contributed by atoms with van der Waals surface area (Å²) in [7, 11) is 0.